The molecule has 122 valence electrons. The monoisotopic (exact) mass is 310 g/mol. The number of ether oxygens (including phenoxy) is 1. The van der Waals surface area contributed by atoms with Crippen LogP contribution in [0, 0.1) is 5.82 Å². The lowest BCUT2D eigenvalue weighted by atomic mass is 10.1. The number of nitrogens with zero attached hydrogens (tertiary/aromatic N) is 1. The SMILES string of the molecule is CN=C(NCC(=O)Nc1cccc(F)c1)NCC(C)(C)OC. The van der Waals surface area contributed by atoms with E-state index in [4.69, 9.17) is 4.74 Å². The van der Waals surface area contributed by atoms with Crippen molar-refractivity contribution in [2.45, 2.75) is 19.4 Å². The minimum absolute atomic E-state index is 0.0175. The molecule has 0 saturated carbocycles. The Bertz CT molecular complexity index is 532. The average Bonchev–Trinajstić information content (AvgIpc) is 2.47. The molecule has 1 aromatic carbocycles. The fourth-order valence-electron chi connectivity index (χ4n) is 1.52. The van der Waals surface area contributed by atoms with Gasteiger partial charge in [0, 0.05) is 26.4 Å². The predicted molar refractivity (Wildman–Crippen MR) is 85.5 cm³/mol. The van der Waals surface area contributed by atoms with E-state index in [2.05, 4.69) is 20.9 Å². The molecule has 0 spiro atoms. The number of anilines is 1. The summed E-state index contributed by atoms with van der Waals surface area (Å²) in [6, 6.07) is 5.73. The molecule has 7 heteroatoms. The number of aliphatic imine (C=N–C) groups is 1. The van der Waals surface area contributed by atoms with Gasteiger partial charge in [0.2, 0.25) is 5.91 Å². The second-order valence-corrected chi connectivity index (χ2v) is 5.30. The molecular weight excluding hydrogens is 287 g/mol. The minimum Gasteiger partial charge on any atom is -0.377 e. The van der Waals surface area contributed by atoms with Gasteiger partial charge in [-0.2, -0.15) is 0 Å². The lowest BCUT2D eigenvalue weighted by Gasteiger charge is -2.24. The minimum atomic E-state index is -0.398. The summed E-state index contributed by atoms with van der Waals surface area (Å²) in [5, 5.41) is 8.54. The third-order valence-electron chi connectivity index (χ3n) is 2.98. The van der Waals surface area contributed by atoms with Crippen LogP contribution in [0.5, 0.6) is 0 Å². The molecule has 0 unspecified atom stereocenters. The third kappa shape index (κ3) is 6.53. The van der Waals surface area contributed by atoms with E-state index in [1.807, 2.05) is 13.8 Å². The number of methoxy groups -OCH3 is 1. The number of benzene rings is 1. The first-order valence-electron chi connectivity index (χ1n) is 6.91. The van der Waals surface area contributed by atoms with Crippen LogP contribution in [0.25, 0.3) is 0 Å². The highest BCUT2D eigenvalue weighted by Crippen LogP contribution is 2.08. The van der Waals surface area contributed by atoms with Crippen molar-refractivity contribution in [1.82, 2.24) is 10.6 Å². The molecule has 6 nitrogen and oxygen atoms in total. The van der Waals surface area contributed by atoms with E-state index < -0.39 is 5.82 Å². The molecule has 0 fully saturated rings. The summed E-state index contributed by atoms with van der Waals surface area (Å²) < 4.78 is 18.3. The van der Waals surface area contributed by atoms with Crippen LogP contribution >= 0.6 is 0 Å². The summed E-state index contributed by atoms with van der Waals surface area (Å²) in [6.07, 6.45) is 0. The van der Waals surface area contributed by atoms with Crippen molar-refractivity contribution in [3.63, 3.8) is 0 Å². The number of hydrogen-bond donors (Lipinski definition) is 3. The summed E-state index contributed by atoms with van der Waals surface area (Å²) in [5.41, 5.74) is 0.0665. The van der Waals surface area contributed by atoms with E-state index >= 15 is 0 Å². The van der Waals surface area contributed by atoms with Crippen molar-refractivity contribution in [2.75, 3.05) is 32.6 Å². The average molecular weight is 310 g/mol. The van der Waals surface area contributed by atoms with E-state index in [0.29, 0.717) is 18.2 Å². The summed E-state index contributed by atoms with van der Waals surface area (Å²) in [5.74, 6) is -0.205. The van der Waals surface area contributed by atoms with Crippen molar-refractivity contribution < 1.29 is 13.9 Å². The highest BCUT2D eigenvalue weighted by molar-refractivity contribution is 5.94. The number of nitrogens with one attached hydrogen (secondary N) is 3. The first-order valence-corrected chi connectivity index (χ1v) is 6.91. The molecule has 0 aliphatic carbocycles. The normalized spacial score (nSPS) is 12.0. The molecule has 0 radical (unpaired) electrons. The van der Waals surface area contributed by atoms with Crippen LogP contribution in [-0.2, 0) is 9.53 Å². The van der Waals surface area contributed by atoms with Crippen molar-refractivity contribution >= 4 is 17.6 Å². The van der Waals surface area contributed by atoms with E-state index in [-0.39, 0.29) is 18.1 Å². The smallest absolute Gasteiger partial charge is 0.243 e. The van der Waals surface area contributed by atoms with E-state index in [9.17, 15) is 9.18 Å². The zero-order valence-corrected chi connectivity index (χ0v) is 13.4. The number of carbonyl (C=O) groups excluding carboxylic acids is 1. The van der Waals surface area contributed by atoms with Gasteiger partial charge in [0.25, 0.3) is 0 Å². The van der Waals surface area contributed by atoms with Crippen LogP contribution in [0.15, 0.2) is 29.3 Å². The first kappa shape index (κ1) is 17.9. The molecule has 0 aliphatic heterocycles. The molecule has 1 rings (SSSR count). The Morgan fingerprint density at radius 1 is 1.36 bits per heavy atom. The lowest BCUT2D eigenvalue weighted by molar-refractivity contribution is -0.115. The Labute approximate surface area is 130 Å². The standard InChI is InChI=1S/C15H23FN4O2/c1-15(2,22-4)10-19-14(17-3)18-9-13(21)20-12-7-5-6-11(16)8-12/h5-8H,9-10H2,1-4H3,(H,20,21)(H2,17,18,19). The Hall–Kier alpha value is -2.15. The van der Waals surface area contributed by atoms with E-state index in [1.165, 1.54) is 18.2 Å². The van der Waals surface area contributed by atoms with Crippen LogP contribution in [0.1, 0.15) is 13.8 Å². The summed E-state index contributed by atoms with van der Waals surface area (Å²) >= 11 is 0. The highest BCUT2D eigenvalue weighted by atomic mass is 19.1. The molecule has 0 bridgehead atoms. The molecule has 0 aromatic heterocycles. The molecule has 0 aliphatic rings. The molecule has 1 amide bonds. The lowest BCUT2D eigenvalue weighted by Crippen LogP contribution is -2.47. The van der Waals surface area contributed by atoms with Crippen LogP contribution in [-0.4, -0.2) is 44.7 Å². The number of guanidine groups is 1. The molecule has 0 heterocycles. The Morgan fingerprint density at radius 2 is 2.09 bits per heavy atom. The fourth-order valence-corrected chi connectivity index (χ4v) is 1.52. The Morgan fingerprint density at radius 3 is 2.68 bits per heavy atom. The predicted octanol–water partition coefficient (Wildman–Crippen LogP) is 1.35. The van der Waals surface area contributed by atoms with Crippen molar-refractivity contribution in [1.29, 1.82) is 0 Å². The van der Waals surface area contributed by atoms with Gasteiger partial charge in [-0.25, -0.2) is 4.39 Å². The van der Waals surface area contributed by atoms with E-state index in [1.54, 1.807) is 20.2 Å². The number of rotatable bonds is 6. The van der Waals surface area contributed by atoms with Gasteiger partial charge in [-0.05, 0) is 32.0 Å². The number of amides is 1. The number of carbonyl (C=O) groups is 1. The summed E-state index contributed by atoms with van der Waals surface area (Å²) in [7, 11) is 3.24. The van der Waals surface area contributed by atoms with Gasteiger partial charge >= 0.3 is 0 Å². The van der Waals surface area contributed by atoms with E-state index in [0.717, 1.165) is 0 Å². The second-order valence-electron chi connectivity index (χ2n) is 5.30. The first-order chi connectivity index (χ1) is 10.4. The largest absolute Gasteiger partial charge is 0.377 e. The van der Waals surface area contributed by atoms with Gasteiger partial charge < -0.3 is 20.7 Å². The Balaban J connectivity index is 2.41. The fraction of sp³-hybridized carbons (Fsp3) is 0.467. The van der Waals surface area contributed by atoms with Crippen LogP contribution < -0.4 is 16.0 Å². The Kier molecular flexibility index (Phi) is 6.78. The summed E-state index contributed by atoms with van der Waals surface area (Å²) in [6.45, 7) is 4.42. The van der Waals surface area contributed by atoms with Crippen molar-refractivity contribution in [2.24, 2.45) is 4.99 Å². The van der Waals surface area contributed by atoms with Gasteiger partial charge in [-0.15, -0.1) is 0 Å². The number of halogens is 1. The van der Waals surface area contributed by atoms with Crippen molar-refractivity contribution in [3.05, 3.63) is 30.1 Å². The maximum absolute atomic E-state index is 13.0. The zero-order chi connectivity index (χ0) is 16.6. The van der Waals surface area contributed by atoms with Crippen LogP contribution in [0.4, 0.5) is 10.1 Å². The molecule has 22 heavy (non-hydrogen) atoms. The molecular formula is C15H23FN4O2. The van der Waals surface area contributed by atoms with Gasteiger partial charge in [0.05, 0.1) is 12.1 Å². The number of hydrogen-bond acceptors (Lipinski definition) is 3. The van der Waals surface area contributed by atoms with Gasteiger partial charge in [0.15, 0.2) is 5.96 Å². The van der Waals surface area contributed by atoms with Gasteiger partial charge in [0.1, 0.15) is 5.82 Å². The highest BCUT2D eigenvalue weighted by Gasteiger charge is 2.16. The molecule has 0 saturated heterocycles. The van der Waals surface area contributed by atoms with Gasteiger partial charge in [-0.1, -0.05) is 6.07 Å². The molecule has 3 N–H and O–H groups in total. The summed E-state index contributed by atoms with van der Waals surface area (Å²) in [4.78, 5) is 15.8. The van der Waals surface area contributed by atoms with Crippen molar-refractivity contribution in [3.8, 4) is 0 Å². The maximum Gasteiger partial charge on any atom is 0.243 e. The van der Waals surface area contributed by atoms with Crippen LogP contribution in [0.3, 0.4) is 0 Å². The molecule has 1 aromatic rings. The van der Waals surface area contributed by atoms with Crippen LogP contribution in [0.2, 0.25) is 0 Å². The zero-order valence-electron chi connectivity index (χ0n) is 13.4. The molecule has 0 atom stereocenters. The topological polar surface area (TPSA) is 74.8 Å². The quantitative estimate of drug-likeness (QED) is 0.548. The maximum atomic E-state index is 13.0. The second kappa shape index (κ2) is 8.33. The third-order valence-corrected chi connectivity index (χ3v) is 2.98. The van der Waals surface area contributed by atoms with Gasteiger partial charge in [-0.3, -0.25) is 9.79 Å².